The topological polar surface area (TPSA) is 102 Å². The van der Waals surface area contributed by atoms with Crippen LogP contribution in [0.5, 0.6) is 0 Å². The fourth-order valence-electron chi connectivity index (χ4n) is 3.05. The predicted molar refractivity (Wildman–Crippen MR) is 91.6 cm³/mol. The minimum atomic E-state index is -3.20. The first kappa shape index (κ1) is 19.1. The molecular formula is C17H23NO7S. The summed E-state index contributed by atoms with van der Waals surface area (Å²) in [4.78, 5) is 12.6. The van der Waals surface area contributed by atoms with Crippen LogP contribution in [-0.2, 0) is 30.7 Å². The second-order valence-electron chi connectivity index (χ2n) is 6.65. The Morgan fingerprint density at radius 1 is 1.23 bits per heavy atom. The number of hydrogen-bond acceptors (Lipinski definition) is 6. The van der Waals surface area contributed by atoms with E-state index in [0.717, 1.165) is 5.56 Å². The molecule has 0 unspecified atom stereocenters. The van der Waals surface area contributed by atoms with Gasteiger partial charge in [-0.3, -0.25) is 0 Å². The molecule has 2 heterocycles. The van der Waals surface area contributed by atoms with Crippen molar-refractivity contribution >= 4 is 15.9 Å². The van der Waals surface area contributed by atoms with Crippen molar-refractivity contribution in [2.45, 2.75) is 36.2 Å². The van der Waals surface area contributed by atoms with Crippen LogP contribution in [0.4, 0.5) is 4.79 Å². The van der Waals surface area contributed by atoms with Crippen molar-refractivity contribution in [2.24, 2.45) is 0 Å². The number of carboxylic acid groups (broad SMARTS) is 1. The maximum atomic E-state index is 11.5. The van der Waals surface area contributed by atoms with Crippen LogP contribution in [0.2, 0.25) is 0 Å². The molecule has 3 rings (SSSR count). The van der Waals surface area contributed by atoms with Gasteiger partial charge in [0.25, 0.3) is 0 Å². The van der Waals surface area contributed by atoms with Gasteiger partial charge in [-0.1, -0.05) is 12.1 Å². The number of benzene rings is 1. The first-order chi connectivity index (χ1) is 12.3. The highest BCUT2D eigenvalue weighted by molar-refractivity contribution is 7.90. The van der Waals surface area contributed by atoms with Gasteiger partial charge >= 0.3 is 6.09 Å². The van der Waals surface area contributed by atoms with Crippen LogP contribution in [-0.4, -0.2) is 69.0 Å². The van der Waals surface area contributed by atoms with E-state index in [-0.39, 0.29) is 11.0 Å². The van der Waals surface area contributed by atoms with Crippen LogP contribution in [0.25, 0.3) is 0 Å². The third-order valence-corrected chi connectivity index (χ3v) is 5.83. The third-order valence-electron chi connectivity index (χ3n) is 4.70. The zero-order valence-corrected chi connectivity index (χ0v) is 15.4. The van der Waals surface area contributed by atoms with Gasteiger partial charge in [0.15, 0.2) is 15.6 Å². The summed E-state index contributed by atoms with van der Waals surface area (Å²) < 4.78 is 40.4. The Labute approximate surface area is 152 Å². The second-order valence-corrected chi connectivity index (χ2v) is 8.67. The molecule has 1 N–H and O–H groups in total. The fraction of sp³-hybridized carbons (Fsp3) is 0.588. The number of carbonyl (C=O) groups is 1. The molecule has 1 aromatic rings. The molecular weight excluding hydrogens is 362 g/mol. The zero-order chi connectivity index (χ0) is 18.8. The van der Waals surface area contributed by atoms with Crippen molar-refractivity contribution < 1.29 is 32.5 Å². The molecule has 26 heavy (non-hydrogen) atoms. The Hall–Kier alpha value is -1.68. The number of sulfone groups is 1. The van der Waals surface area contributed by atoms with Crippen LogP contribution in [0.1, 0.15) is 18.4 Å². The van der Waals surface area contributed by atoms with Gasteiger partial charge in [0.1, 0.15) is 6.10 Å². The van der Waals surface area contributed by atoms with Crippen molar-refractivity contribution in [3.05, 3.63) is 29.8 Å². The molecule has 9 heteroatoms. The van der Waals surface area contributed by atoms with E-state index in [2.05, 4.69) is 0 Å². The lowest BCUT2D eigenvalue weighted by atomic mass is 10.0. The molecule has 1 aromatic carbocycles. The number of piperidine rings is 1. The molecule has 8 nitrogen and oxygen atoms in total. The summed E-state index contributed by atoms with van der Waals surface area (Å²) in [6, 6.07) is 6.58. The first-order valence-corrected chi connectivity index (χ1v) is 10.3. The first-order valence-electron chi connectivity index (χ1n) is 8.44. The van der Waals surface area contributed by atoms with Crippen molar-refractivity contribution in [1.29, 1.82) is 0 Å². The van der Waals surface area contributed by atoms with Crippen molar-refractivity contribution in [3.63, 3.8) is 0 Å². The van der Waals surface area contributed by atoms with Gasteiger partial charge in [-0.25, -0.2) is 13.2 Å². The molecule has 0 aliphatic carbocycles. The van der Waals surface area contributed by atoms with Gasteiger partial charge in [-0.15, -0.1) is 0 Å². The zero-order valence-electron chi connectivity index (χ0n) is 14.6. The molecule has 0 radical (unpaired) electrons. The second kappa shape index (κ2) is 7.51. The molecule has 2 fully saturated rings. The average Bonchev–Trinajstić information content (AvgIpc) is 2.61. The minimum absolute atomic E-state index is 0.215. The maximum absolute atomic E-state index is 11.5. The Balaban J connectivity index is 1.45. The van der Waals surface area contributed by atoms with Gasteiger partial charge in [0.2, 0.25) is 0 Å². The monoisotopic (exact) mass is 385 g/mol. The van der Waals surface area contributed by atoms with E-state index in [1.165, 1.54) is 11.2 Å². The molecule has 144 valence electrons. The van der Waals surface area contributed by atoms with Crippen molar-refractivity contribution in [2.75, 3.05) is 32.6 Å². The Kier molecular flexibility index (Phi) is 5.52. The highest BCUT2D eigenvalue weighted by Crippen LogP contribution is 2.31. The lowest BCUT2D eigenvalue weighted by Gasteiger charge is -2.44. The van der Waals surface area contributed by atoms with Crippen LogP contribution >= 0.6 is 0 Å². The summed E-state index contributed by atoms with van der Waals surface area (Å²) in [6.07, 6.45) is 1.07. The van der Waals surface area contributed by atoms with Gasteiger partial charge in [0.05, 0.1) is 24.7 Å². The molecule has 2 saturated heterocycles. The third kappa shape index (κ3) is 4.53. The fourth-order valence-corrected chi connectivity index (χ4v) is 3.68. The number of amides is 1. The summed E-state index contributed by atoms with van der Waals surface area (Å²) in [5.41, 5.74) is 0.868. The molecule has 0 aromatic heterocycles. The van der Waals surface area contributed by atoms with E-state index >= 15 is 0 Å². The summed E-state index contributed by atoms with van der Waals surface area (Å²) in [6.45, 7) is 1.89. The Morgan fingerprint density at radius 2 is 1.81 bits per heavy atom. The van der Waals surface area contributed by atoms with E-state index in [4.69, 9.17) is 19.3 Å². The van der Waals surface area contributed by atoms with Crippen molar-refractivity contribution in [3.8, 4) is 0 Å². The van der Waals surface area contributed by atoms with Gasteiger partial charge in [-0.2, -0.15) is 0 Å². The van der Waals surface area contributed by atoms with Crippen molar-refractivity contribution in [1.82, 2.24) is 4.90 Å². The van der Waals surface area contributed by atoms with E-state index in [0.29, 0.717) is 45.8 Å². The molecule has 0 atom stereocenters. The lowest BCUT2D eigenvalue weighted by molar-refractivity contribution is -0.311. The Bertz CT molecular complexity index is 729. The standard InChI is InChI=1S/C17H23NO7S/c1-26(21,22)15-4-2-13(3-5-15)10-23-14-11-24-17(25-12-14)6-8-18(9-7-17)16(19)20/h2-5,14H,6-12H2,1H3,(H,19,20). The smallest absolute Gasteiger partial charge is 0.407 e. The average molecular weight is 385 g/mol. The van der Waals surface area contributed by atoms with E-state index < -0.39 is 21.7 Å². The number of ether oxygens (including phenoxy) is 3. The quantitative estimate of drug-likeness (QED) is 0.838. The largest absolute Gasteiger partial charge is 0.465 e. The maximum Gasteiger partial charge on any atom is 0.407 e. The number of nitrogens with zero attached hydrogens (tertiary/aromatic N) is 1. The summed E-state index contributed by atoms with van der Waals surface area (Å²) in [7, 11) is -3.20. The molecule has 1 spiro atoms. The summed E-state index contributed by atoms with van der Waals surface area (Å²) in [5, 5.41) is 9.00. The van der Waals surface area contributed by atoms with Gasteiger partial charge < -0.3 is 24.2 Å². The number of hydrogen-bond donors (Lipinski definition) is 1. The highest BCUT2D eigenvalue weighted by Gasteiger charge is 2.41. The molecule has 1 amide bonds. The van der Waals surface area contributed by atoms with Crippen LogP contribution in [0.3, 0.4) is 0 Å². The molecule has 0 bridgehead atoms. The summed E-state index contributed by atoms with van der Waals surface area (Å²) >= 11 is 0. The van der Waals surface area contributed by atoms with Crippen LogP contribution in [0.15, 0.2) is 29.2 Å². The predicted octanol–water partition coefficient (Wildman–Crippen LogP) is 1.49. The van der Waals surface area contributed by atoms with E-state index in [9.17, 15) is 13.2 Å². The normalized spacial score (nSPS) is 21.0. The molecule has 0 saturated carbocycles. The SMILES string of the molecule is CS(=O)(=O)c1ccc(COC2COC3(CCN(C(=O)O)CC3)OC2)cc1. The molecule has 2 aliphatic rings. The lowest BCUT2D eigenvalue weighted by Crippen LogP contribution is -2.54. The van der Waals surface area contributed by atoms with Gasteiger partial charge in [0, 0.05) is 32.2 Å². The number of rotatable bonds is 4. The summed E-state index contributed by atoms with van der Waals surface area (Å²) in [5.74, 6) is -0.705. The van der Waals surface area contributed by atoms with Gasteiger partial charge in [-0.05, 0) is 17.7 Å². The minimum Gasteiger partial charge on any atom is -0.465 e. The van der Waals surface area contributed by atoms with Crippen LogP contribution < -0.4 is 0 Å². The highest BCUT2D eigenvalue weighted by atomic mass is 32.2. The van der Waals surface area contributed by atoms with E-state index in [1.807, 2.05) is 0 Å². The van der Waals surface area contributed by atoms with Crippen LogP contribution in [0, 0.1) is 0 Å². The number of likely N-dealkylation sites (tertiary alicyclic amines) is 1. The molecule has 2 aliphatic heterocycles. The Morgan fingerprint density at radius 3 is 2.31 bits per heavy atom. The van der Waals surface area contributed by atoms with E-state index in [1.54, 1.807) is 24.3 Å².